The number of carbonyl (C=O) groups excluding carboxylic acids is 1. The maximum Gasteiger partial charge on any atom is 0.222 e. The number of amides is 1. The molecule has 2 aromatic heterocycles. The van der Waals surface area contributed by atoms with Gasteiger partial charge in [-0.2, -0.15) is 0 Å². The summed E-state index contributed by atoms with van der Waals surface area (Å²) in [6.45, 7) is 6.75. The van der Waals surface area contributed by atoms with Crippen molar-refractivity contribution in [3.05, 3.63) is 42.9 Å². The van der Waals surface area contributed by atoms with E-state index in [2.05, 4.69) is 45.5 Å². The van der Waals surface area contributed by atoms with Gasteiger partial charge in [-0.15, -0.1) is 0 Å². The molecule has 3 aromatic rings. The number of hydrogen-bond donors (Lipinski definition) is 2. The molecule has 0 aliphatic rings. The SMILES string of the molecule is CC(=O)Nc1ccc(-c2ccc3ncnc(NCCC(C)C)c3c2)cn1. The summed E-state index contributed by atoms with van der Waals surface area (Å²) in [4.78, 5) is 24.1. The zero-order valence-electron chi connectivity index (χ0n) is 15.3. The van der Waals surface area contributed by atoms with Gasteiger partial charge in [0.1, 0.15) is 18.0 Å². The van der Waals surface area contributed by atoms with E-state index < -0.39 is 0 Å². The molecule has 3 rings (SSSR count). The number of carbonyl (C=O) groups is 1. The zero-order chi connectivity index (χ0) is 18.5. The van der Waals surface area contributed by atoms with Crippen LogP contribution in [0.1, 0.15) is 27.2 Å². The molecule has 0 spiro atoms. The first kappa shape index (κ1) is 17.8. The predicted molar refractivity (Wildman–Crippen MR) is 105 cm³/mol. The van der Waals surface area contributed by atoms with Crippen LogP contribution < -0.4 is 10.6 Å². The molecule has 1 aromatic carbocycles. The Morgan fingerprint density at radius 1 is 1.08 bits per heavy atom. The summed E-state index contributed by atoms with van der Waals surface area (Å²) in [5, 5.41) is 7.07. The van der Waals surface area contributed by atoms with Gasteiger partial charge in [0.25, 0.3) is 0 Å². The number of nitrogens with zero attached hydrogens (tertiary/aromatic N) is 3. The van der Waals surface area contributed by atoms with Gasteiger partial charge < -0.3 is 10.6 Å². The Bertz CT molecular complexity index is 906. The molecule has 6 heteroatoms. The van der Waals surface area contributed by atoms with Crippen molar-refractivity contribution in [1.82, 2.24) is 15.0 Å². The molecule has 0 bridgehead atoms. The number of hydrogen-bond acceptors (Lipinski definition) is 5. The summed E-state index contributed by atoms with van der Waals surface area (Å²) in [5.74, 6) is 1.89. The average Bonchev–Trinajstić information content (AvgIpc) is 2.61. The first-order chi connectivity index (χ1) is 12.5. The van der Waals surface area contributed by atoms with Crippen LogP contribution in [0.4, 0.5) is 11.6 Å². The lowest BCUT2D eigenvalue weighted by Gasteiger charge is -2.11. The average molecular weight is 349 g/mol. The van der Waals surface area contributed by atoms with Gasteiger partial charge in [-0.25, -0.2) is 15.0 Å². The molecular formula is C20H23N5O. The molecule has 2 heterocycles. The first-order valence-electron chi connectivity index (χ1n) is 8.75. The lowest BCUT2D eigenvalue weighted by molar-refractivity contribution is -0.114. The summed E-state index contributed by atoms with van der Waals surface area (Å²) in [5.41, 5.74) is 2.90. The van der Waals surface area contributed by atoms with Gasteiger partial charge in [0.05, 0.1) is 5.52 Å². The minimum absolute atomic E-state index is 0.134. The number of anilines is 2. The third kappa shape index (κ3) is 4.33. The monoisotopic (exact) mass is 349 g/mol. The van der Waals surface area contributed by atoms with Gasteiger partial charge in [-0.05, 0) is 42.2 Å². The zero-order valence-corrected chi connectivity index (χ0v) is 15.3. The van der Waals surface area contributed by atoms with Gasteiger partial charge in [0.15, 0.2) is 0 Å². The van der Waals surface area contributed by atoms with E-state index in [9.17, 15) is 4.79 Å². The van der Waals surface area contributed by atoms with Gasteiger partial charge in [0.2, 0.25) is 5.91 Å². The van der Waals surface area contributed by atoms with Crippen molar-refractivity contribution in [2.24, 2.45) is 5.92 Å². The Balaban J connectivity index is 1.88. The van der Waals surface area contributed by atoms with Crippen LogP contribution in [-0.4, -0.2) is 27.4 Å². The fraction of sp³-hybridized carbons (Fsp3) is 0.300. The maximum absolute atomic E-state index is 11.1. The van der Waals surface area contributed by atoms with Crippen molar-refractivity contribution in [3.8, 4) is 11.1 Å². The lowest BCUT2D eigenvalue weighted by atomic mass is 10.0. The van der Waals surface area contributed by atoms with Crippen molar-refractivity contribution in [1.29, 1.82) is 0 Å². The molecule has 0 saturated heterocycles. The summed E-state index contributed by atoms with van der Waals surface area (Å²) < 4.78 is 0. The largest absolute Gasteiger partial charge is 0.369 e. The second kappa shape index (κ2) is 7.91. The number of aromatic nitrogens is 3. The van der Waals surface area contributed by atoms with Gasteiger partial charge >= 0.3 is 0 Å². The number of rotatable bonds is 6. The van der Waals surface area contributed by atoms with E-state index >= 15 is 0 Å². The molecule has 0 atom stereocenters. The van der Waals surface area contributed by atoms with Crippen molar-refractivity contribution in [2.75, 3.05) is 17.2 Å². The van der Waals surface area contributed by atoms with Crippen LogP contribution in [0.25, 0.3) is 22.0 Å². The highest BCUT2D eigenvalue weighted by Gasteiger charge is 2.07. The Morgan fingerprint density at radius 2 is 1.88 bits per heavy atom. The van der Waals surface area contributed by atoms with Crippen molar-refractivity contribution in [3.63, 3.8) is 0 Å². The van der Waals surface area contributed by atoms with E-state index in [0.29, 0.717) is 11.7 Å². The van der Waals surface area contributed by atoms with Crippen molar-refractivity contribution < 1.29 is 4.79 Å². The van der Waals surface area contributed by atoms with Crippen molar-refractivity contribution in [2.45, 2.75) is 27.2 Å². The first-order valence-corrected chi connectivity index (χ1v) is 8.75. The molecule has 1 amide bonds. The second-order valence-corrected chi connectivity index (χ2v) is 6.68. The van der Waals surface area contributed by atoms with E-state index in [-0.39, 0.29) is 5.91 Å². The van der Waals surface area contributed by atoms with E-state index in [1.807, 2.05) is 18.2 Å². The highest BCUT2D eigenvalue weighted by molar-refractivity contribution is 5.92. The summed E-state index contributed by atoms with van der Waals surface area (Å²) in [7, 11) is 0. The van der Waals surface area contributed by atoms with E-state index in [1.54, 1.807) is 18.6 Å². The number of fused-ring (bicyclic) bond motifs is 1. The number of benzene rings is 1. The van der Waals surface area contributed by atoms with Crippen LogP contribution in [0.3, 0.4) is 0 Å². The van der Waals surface area contributed by atoms with E-state index in [0.717, 1.165) is 40.8 Å². The Labute approximate surface area is 153 Å². The summed E-state index contributed by atoms with van der Waals surface area (Å²) in [6, 6.07) is 9.81. The minimum atomic E-state index is -0.134. The molecule has 2 N–H and O–H groups in total. The minimum Gasteiger partial charge on any atom is -0.369 e. The van der Waals surface area contributed by atoms with Crippen molar-refractivity contribution >= 4 is 28.4 Å². The molecule has 134 valence electrons. The third-order valence-corrected chi connectivity index (χ3v) is 4.05. The highest BCUT2D eigenvalue weighted by Crippen LogP contribution is 2.27. The highest BCUT2D eigenvalue weighted by atomic mass is 16.1. The predicted octanol–water partition coefficient (Wildman–Crippen LogP) is 4.11. The van der Waals surface area contributed by atoms with Crippen LogP contribution in [0, 0.1) is 5.92 Å². The van der Waals surface area contributed by atoms with Gasteiger partial charge in [-0.3, -0.25) is 4.79 Å². The fourth-order valence-electron chi connectivity index (χ4n) is 2.68. The number of pyridine rings is 1. The lowest BCUT2D eigenvalue weighted by Crippen LogP contribution is -2.07. The van der Waals surface area contributed by atoms with Gasteiger partial charge in [0, 0.05) is 30.6 Å². The Morgan fingerprint density at radius 3 is 2.58 bits per heavy atom. The molecule has 0 unspecified atom stereocenters. The van der Waals surface area contributed by atoms with E-state index in [4.69, 9.17) is 0 Å². The van der Waals surface area contributed by atoms with Crippen LogP contribution in [0.15, 0.2) is 42.9 Å². The maximum atomic E-state index is 11.1. The van der Waals surface area contributed by atoms with Crippen LogP contribution in [0.5, 0.6) is 0 Å². The van der Waals surface area contributed by atoms with Gasteiger partial charge in [-0.1, -0.05) is 19.9 Å². The molecule has 6 nitrogen and oxygen atoms in total. The summed E-state index contributed by atoms with van der Waals surface area (Å²) in [6.07, 6.45) is 4.42. The molecule has 0 radical (unpaired) electrons. The smallest absolute Gasteiger partial charge is 0.222 e. The molecule has 26 heavy (non-hydrogen) atoms. The fourth-order valence-corrected chi connectivity index (χ4v) is 2.68. The third-order valence-electron chi connectivity index (χ3n) is 4.05. The van der Waals surface area contributed by atoms with Crippen LogP contribution in [0.2, 0.25) is 0 Å². The normalized spacial score (nSPS) is 10.9. The standard InChI is InChI=1S/C20H23N5O/c1-13(2)8-9-21-20-17-10-15(4-6-18(17)23-12-24-20)16-5-7-19(22-11-16)25-14(3)26/h4-7,10-13H,8-9H2,1-3H3,(H,21,23,24)(H,22,25,26). The Kier molecular flexibility index (Phi) is 5.41. The topological polar surface area (TPSA) is 79.8 Å². The second-order valence-electron chi connectivity index (χ2n) is 6.68. The summed E-state index contributed by atoms with van der Waals surface area (Å²) >= 11 is 0. The van der Waals surface area contributed by atoms with Crippen LogP contribution in [-0.2, 0) is 4.79 Å². The molecular weight excluding hydrogens is 326 g/mol. The molecule has 0 saturated carbocycles. The number of nitrogens with one attached hydrogen (secondary N) is 2. The Hall–Kier alpha value is -3.02. The molecule has 0 aliphatic heterocycles. The molecule has 0 aliphatic carbocycles. The quantitative estimate of drug-likeness (QED) is 0.700. The van der Waals surface area contributed by atoms with E-state index in [1.165, 1.54) is 6.92 Å². The van der Waals surface area contributed by atoms with Crippen LogP contribution >= 0.6 is 0 Å². The molecule has 0 fully saturated rings.